The van der Waals surface area contributed by atoms with E-state index < -0.39 is 12.1 Å². The highest BCUT2D eigenvalue weighted by molar-refractivity contribution is 7.13. The molecule has 0 unspecified atom stereocenters. The molecule has 27 heavy (non-hydrogen) atoms. The van der Waals surface area contributed by atoms with Gasteiger partial charge >= 0.3 is 6.03 Å². The van der Waals surface area contributed by atoms with E-state index in [1.54, 1.807) is 35.8 Å². The van der Waals surface area contributed by atoms with Crippen LogP contribution in [0.3, 0.4) is 0 Å². The standard InChI is InChI=1S/C18H21N5O3S/c1-3-11(2)15(16(25)22-17-19-8-9-27-17)21-18(26)23-10-14(24)20-12-6-4-5-7-13(12)23/h4-9,11,15H,3,10H2,1-2H3,(H,20,24)(H,21,26)(H,19,22,25)/t11-,15-/m1/s1. The highest BCUT2D eigenvalue weighted by Gasteiger charge is 2.32. The summed E-state index contributed by atoms with van der Waals surface area (Å²) in [6.45, 7) is 3.73. The van der Waals surface area contributed by atoms with E-state index >= 15 is 0 Å². The molecule has 8 nitrogen and oxygen atoms in total. The number of nitrogens with one attached hydrogen (secondary N) is 3. The Morgan fingerprint density at radius 2 is 2.15 bits per heavy atom. The van der Waals surface area contributed by atoms with Crippen molar-refractivity contribution >= 4 is 45.7 Å². The molecule has 0 bridgehead atoms. The molecule has 142 valence electrons. The Hall–Kier alpha value is -2.94. The summed E-state index contributed by atoms with van der Waals surface area (Å²) in [5.74, 6) is -0.707. The summed E-state index contributed by atoms with van der Waals surface area (Å²) in [4.78, 5) is 42.9. The molecule has 3 N–H and O–H groups in total. The van der Waals surface area contributed by atoms with Gasteiger partial charge in [-0.25, -0.2) is 9.78 Å². The van der Waals surface area contributed by atoms with Gasteiger partial charge in [0.25, 0.3) is 0 Å². The predicted octanol–water partition coefficient (Wildman–Crippen LogP) is 2.66. The van der Waals surface area contributed by atoms with Gasteiger partial charge in [0.1, 0.15) is 12.6 Å². The van der Waals surface area contributed by atoms with Crippen LogP contribution in [0, 0.1) is 5.92 Å². The highest BCUT2D eigenvalue weighted by atomic mass is 32.1. The lowest BCUT2D eigenvalue weighted by atomic mass is 9.98. The first-order valence-electron chi connectivity index (χ1n) is 8.67. The number of anilines is 3. The Morgan fingerprint density at radius 3 is 2.85 bits per heavy atom. The molecule has 4 amide bonds. The van der Waals surface area contributed by atoms with E-state index in [1.165, 1.54) is 16.2 Å². The summed E-state index contributed by atoms with van der Waals surface area (Å²) in [5.41, 5.74) is 1.16. The molecule has 0 aliphatic carbocycles. The number of nitrogens with zero attached hydrogens (tertiary/aromatic N) is 2. The predicted molar refractivity (Wildman–Crippen MR) is 105 cm³/mol. The van der Waals surface area contributed by atoms with E-state index in [9.17, 15) is 14.4 Å². The minimum Gasteiger partial charge on any atom is -0.326 e. The summed E-state index contributed by atoms with van der Waals surface area (Å²) in [7, 11) is 0. The van der Waals surface area contributed by atoms with Crippen molar-refractivity contribution in [3.05, 3.63) is 35.8 Å². The summed E-state index contributed by atoms with van der Waals surface area (Å²) in [6.07, 6.45) is 2.30. The van der Waals surface area contributed by atoms with Gasteiger partial charge in [0.15, 0.2) is 5.13 Å². The van der Waals surface area contributed by atoms with Crippen molar-refractivity contribution in [2.75, 3.05) is 22.1 Å². The maximum Gasteiger partial charge on any atom is 0.323 e. The van der Waals surface area contributed by atoms with Crippen LogP contribution in [0.4, 0.5) is 21.3 Å². The van der Waals surface area contributed by atoms with Gasteiger partial charge < -0.3 is 16.0 Å². The third-order valence-corrected chi connectivity index (χ3v) is 5.14. The largest absolute Gasteiger partial charge is 0.326 e. The van der Waals surface area contributed by atoms with Gasteiger partial charge in [-0.05, 0) is 18.1 Å². The van der Waals surface area contributed by atoms with E-state index in [1.807, 2.05) is 13.8 Å². The average Bonchev–Trinajstić information content (AvgIpc) is 3.17. The van der Waals surface area contributed by atoms with Gasteiger partial charge in [-0.1, -0.05) is 32.4 Å². The number of para-hydroxylation sites is 2. The van der Waals surface area contributed by atoms with Crippen LogP contribution in [0.5, 0.6) is 0 Å². The Bertz CT molecular complexity index is 839. The number of amides is 4. The number of urea groups is 1. The Kier molecular flexibility index (Phi) is 5.70. The van der Waals surface area contributed by atoms with Crippen molar-refractivity contribution in [2.45, 2.75) is 26.3 Å². The Morgan fingerprint density at radius 1 is 1.37 bits per heavy atom. The summed E-state index contributed by atoms with van der Waals surface area (Å²) in [6, 6.07) is 5.82. The third-order valence-electron chi connectivity index (χ3n) is 4.45. The van der Waals surface area contributed by atoms with Crippen LogP contribution >= 0.6 is 11.3 Å². The molecule has 0 fully saturated rings. The van der Waals surface area contributed by atoms with Gasteiger partial charge in [0.2, 0.25) is 11.8 Å². The number of benzene rings is 1. The number of aromatic nitrogens is 1. The molecule has 1 aliphatic rings. The average molecular weight is 387 g/mol. The normalized spacial score (nSPS) is 15.3. The van der Waals surface area contributed by atoms with Crippen LogP contribution in [-0.2, 0) is 9.59 Å². The first-order chi connectivity index (χ1) is 13.0. The van der Waals surface area contributed by atoms with Gasteiger partial charge in [-0.15, -0.1) is 11.3 Å². The van der Waals surface area contributed by atoms with Gasteiger partial charge in [0, 0.05) is 11.6 Å². The van der Waals surface area contributed by atoms with Crippen molar-refractivity contribution < 1.29 is 14.4 Å². The molecule has 2 aromatic rings. The molecule has 1 aromatic heterocycles. The van der Waals surface area contributed by atoms with Gasteiger partial charge in [-0.2, -0.15) is 0 Å². The summed E-state index contributed by atoms with van der Waals surface area (Å²) >= 11 is 1.31. The lowest BCUT2D eigenvalue weighted by Crippen LogP contribution is -2.54. The number of thiazole rings is 1. The van der Waals surface area contributed by atoms with E-state index in [4.69, 9.17) is 0 Å². The quantitative estimate of drug-likeness (QED) is 0.734. The molecule has 0 spiro atoms. The van der Waals surface area contributed by atoms with Crippen molar-refractivity contribution in [1.29, 1.82) is 0 Å². The molecular formula is C18H21N5O3S. The van der Waals surface area contributed by atoms with Gasteiger partial charge in [-0.3, -0.25) is 14.5 Å². The molecule has 0 saturated carbocycles. The van der Waals surface area contributed by atoms with Crippen LogP contribution in [0.25, 0.3) is 0 Å². The number of carbonyl (C=O) groups is 3. The third kappa shape index (κ3) is 4.25. The number of hydrogen-bond acceptors (Lipinski definition) is 5. The Balaban J connectivity index is 1.78. The van der Waals surface area contributed by atoms with Crippen molar-refractivity contribution in [2.24, 2.45) is 5.92 Å². The van der Waals surface area contributed by atoms with Crippen LogP contribution in [0.1, 0.15) is 20.3 Å². The summed E-state index contributed by atoms with van der Waals surface area (Å²) < 4.78 is 0. The topological polar surface area (TPSA) is 103 Å². The SMILES string of the molecule is CC[C@@H](C)[C@@H](NC(=O)N1CC(=O)Nc2ccccc21)C(=O)Nc1nccs1. The van der Waals surface area contributed by atoms with Crippen LogP contribution in [0.2, 0.25) is 0 Å². The number of hydrogen-bond donors (Lipinski definition) is 3. The van der Waals surface area contributed by atoms with E-state index in [0.717, 1.165) is 0 Å². The Labute approximate surface area is 161 Å². The maximum atomic E-state index is 12.9. The van der Waals surface area contributed by atoms with Crippen LogP contribution in [0.15, 0.2) is 35.8 Å². The van der Waals surface area contributed by atoms with E-state index in [0.29, 0.717) is 22.9 Å². The highest BCUT2D eigenvalue weighted by Crippen LogP contribution is 2.29. The van der Waals surface area contributed by atoms with E-state index in [-0.39, 0.29) is 24.3 Å². The second-order valence-corrected chi connectivity index (χ2v) is 7.19. The molecular weight excluding hydrogens is 366 g/mol. The zero-order chi connectivity index (χ0) is 19.4. The smallest absolute Gasteiger partial charge is 0.323 e. The monoisotopic (exact) mass is 387 g/mol. The van der Waals surface area contributed by atoms with Crippen LogP contribution < -0.4 is 20.9 Å². The minimum atomic E-state index is -0.747. The lowest BCUT2D eigenvalue weighted by Gasteiger charge is -2.31. The molecule has 0 saturated heterocycles. The zero-order valence-corrected chi connectivity index (χ0v) is 15.9. The molecule has 3 rings (SSSR count). The van der Waals surface area contributed by atoms with Crippen molar-refractivity contribution in [3.63, 3.8) is 0 Å². The van der Waals surface area contributed by atoms with Crippen LogP contribution in [-0.4, -0.2) is 35.4 Å². The number of carbonyl (C=O) groups excluding carboxylic acids is 3. The second kappa shape index (κ2) is 8.17. The van der Waals surface area contributed by atoms with E-state index in [2.05, 4.69) is 20.9 Å². The number of fused-ring (bicyclic) bond motifs is 1. The second-order valence-electron chi connectivity index (χ2n) is 6.29. The zero-order valence-electron chi connectivity index (χ0n) is 15.1. The molecule has 1 aromatic carbocycles. The minimum absolute atomic E-state index is 0.0947. The lowest BCUT2D eigenvalue weighted by molar-refractivity contribution is -0.119. The fraction of sp³-hybridized carbons (Fsp3) is 0.333. The number of rotatable bonds is 5. The van der Waals surface area contributed by atoms with Crippen molar-refractivity contribution in [1.82, 2.24) is 10.3 Å². The first kappa shape index (κ1) is 18.8. The molecule has 0 radical (unpaired) electrons. The molecule has 2 atom stereocenters. The molecule has 2 heterocycles. The molecule has 1 aliphatic heterocycles. The summed E-state index contributed by atoms with van der Waals surface area (Å²) in [5, 5.41) is 10.5. The fourth-order valence-corrected chi connectivity index (χ4v) is 3.33. The van der Waals surface area contributed by atoms with Gasteiger partial charge in [0.05, 0.1) is 11.4 Å². The van der Waals surface area contributed by atoms with Crippen molar-refractivity contribution in [3.8, 4) is 0 Å². The maximum absolute atomic E-state index is 12.9. The molecule has 9 heteroatoms. The first-order valence-corrected chi connectivity index (χ1v) is 9.54. The fourth-order valence-electron chi connectivity index (χ4n) is 2.80.